The van der Waals surface area contributed by atoms with Gasteiger partial charge >= 0.3 is 5.97 Å². The molecule has 7 heteroatoms. The highest BCUT2D eigenvalue weighted by atomic mass is 16.5. The van der Waals surface area contributed by atoms with Crippen LogP contribution >= 0.6 is 0 Å². The lowest BCUT2D eigenvalue weighted by molar-refractivity contribution is -0.144. The lowest BCUT2D eigenvalue weighted by atomic mass is 9.91. The number of aliphatic carboxylic acids is 1. The first-order chi connectivity index (χ1) is 14.9. The fourth-order valence-corrected chi connectivity index (χ4v) is 5.27. The monoisotopic (exact) mass is 434 g/mol. The van der Waals surface area contributed by atoms with E-state index in [9.17, 15) is 9.90 Å². The summed E-state index contributed by atoms with van der Waals surface area (Å²) in [6, 6.07) is 5.98. The van der Waals surface area contributed by atoms with Crippen LogP contribution in [0.5, 0.6) is 11.5 Å². The Morgan fingerprint density at radius 2 is 1.90 bits per heavy atom. The largest absolute Gasteiger partial charge is 0.493 e. The molecule has 1 aromatic rings. The Hall–Kier alpha value is -1.83. The molecular weight excluding hydrogens is 396 g/mol. The molecule has 0 spiro atoms. The molecule has 0 amide bonds. The maximum absolute atomic E-state index is 11.7. The third-order valence-electron chi connectivity index (χ3n) is 6.82. The van der Waals surface area contributed by atoms with Crippen LogP contribution < -0.4 is 9.47 Å². The lowest BCUT2D eigenvalue weighted by Gasteiger charge is -2.38. The Labute approximate surface area is 186 Å². The van der Waals surface area contributed by atoms with Gasteiger partial charge in [0, 0.05) is 12.6 Å². The number of carbonyl (C=O) groups is 1. The minimum Gasteiger partial charge on any atom is -0.493 e. The standard InChI is InChI=1S/C24H38N2O5/c1-25(2)23(24(27)28)18-11-13-26(16-18)19-7-5-6-8-20(19)31-14-12-17-9-10-21(29-3)22(15-17)30-4/h9-10,15,18-20,23H,5-8,11-14,16H2,1-4H3,(H,27,28)/t18?,19-,20+,23+/m1/s1. The highest BCUT2D eigenvalue weighted by molar-refractivity contribution is 5.74. The Bertz CT molecular complexity index is 726. The molecule has 1 unspecified atom stereocenters. The molecule has 1 N–H and O–H groups in total. The van der Waals surface area contributed by atoms with Gasteiger partial charge in [-0.1, -0.05) is 18.9 Å². The summed E-state index contributed by atoms with van der Waals surface area (Å²) in [5, 5.41) is 9.65. The van der Waals surface area contributed by atoms with Crippen LogP contribution in [0.15, 0.2) is 18.2 Å². The summed E-state index contributed by atoms with van der Waals surface area (Å²) in [7, 11) is 7.02. The molecule has 1 aliphatic heterocycles. The molecule has 2 fully saturated rings. The topological polar surface area (TPSA) is 71.5 Å². The summed E-state index contributed by atoms with van der Waals surface area (Å²) in [6.07, 6.45) is 6.61. The summed E-state index contributed by atoms with van der Waals surface area (Å²) < 4.78 is 17.1. The Balaban J connectivity index is 1.56. The molecule has 1 aliphatic carbocycles. The summed E-state index contributed by atoms with van der Waals surface area (Å²) in [5.41, 5.74) is 1.17. The lowest BCUT2D eigenvalue weighted by Crippen LogP contribution is -2.48. The van der Waals surface area contributed by atoms with E-state index in [2.05, 4.69) is 11.0 Å². The Morgan fingerprint density at radius 1 is 1.16 bits per heavy atom. The first-order valence-corrected chi connectivity index (χ1v) is 11.4. The molecular formula is C24H38N2O5. The van der Waals surface area contributed by atoms with E-state index in [0.29, 0.717) is 12.6 Å². The SMILES string of the molecule is COc1ccc(CCO[C@H]2CCCC[C@H]2N2CCC([C@@H](C(=O)O)N(C)C)C2)cc1OC. The van der Waals surface area contributed by atoms with Gasteiger partial charge in [-0.25, -0.2) is 0 Å². The molecule has 0 aromatic heterocycles. The van der Waals surface area contributed by atoms with Gasteiger partial charge in [-0.2, -0.15) is 0 Å². The van der Waals surface area contributed by atoms with Crippen molar-refractivity contribution in [3.63, 3.8) is 0 Å². The second-order valence-electron chi connectivity index (χ2n) is 8.99. The zero-order valence-corrected chi connectivity index (χ0v) is 19.4. The van der Waals surface area contributed by atoms with Gasteiger partial charge in [0.15, 0.2) is 11.5 Å². The maximum atomic E-state index is 11.7. The number of carboxylic acid groups (broad SMARTS) is 1. The molecule has 4 atom stereocenters. The Morgan fingerprint density at radius 3 is 2.58 bits per heavy atom. The molecule has 1 heterocycles. The van der Waals surface area contributed by atoms with Gasteiger partial charge < -0.3 is 19.3 Å². The van der Waals surface area contributed by atoms with Crippen molar-refractivity contribution in [3.8, 4) is 11.5 Å². The van der Waals surface area contributed by atoms with E-state index in [1.165, 1.54) is 18.4 Å². The minimum atomic E-state index is -0.719. The molecule has 31 heavy (non-hydrogen) atoms. The normalized spacial score (nSPS) is 25.5. The number of rotatable bonds is 10. The Kier molecular flexibility index (Phi) is 8.58. The third kappa shape index (κ3) is 5.90. The van der Waals surface area contributed by atoms with Crippen molar-refractivity contribution >= 4 is 5.97 Å². The fraction of sp³-hybridized carbons (Fsp3) is 0.708. The molecule has 0 bridgehead atoms. The van der Waals surface area contributed by atoms with Crippen LogP contribution in [0.1, 0.15) is 37.7 Å². The zero-order valence-electron chi connectivity index (χ0n) is 19.4. The van der Waals surface area contributed by atoms with E-state index >= 15 is 0 Å². The predicted octanol–water partition coefficient (Wildman–Crippen LogP) is 2.91. The number of hydrogen-bond donors (Lipinski definition) is 1. The molecule has 1 aromatic carbocycles. The summed E-state index contributed by atoms with van der Waals surface area (Å²) in [4.78, 5) is 16.1. The summed E-state index contributed by atoms with van der Waals surface area (Å²) in [6.45, 7) is 2.47. The van der Waals surface area contributed by atoms with Gasteiger partial charge in [-0.3, -0.25) is 14.6 Å². The van der Waals surface area contributed by atoms with Gasteiger partial charge in [0.2, 0.25) is 0 Å². The number of carboxylic acids is 1. The van der Waals surface area contributed by atoms with Gasteiger partial charge in [0.25, 0.3) is 0 Å². The average molecular weight is 435 g/mol. The van der Waals surface area contributed by atoms with Crippen molar-refractivity contribution in [2.45, 2.75) is 56.7 Å². The highest BCUT2D eigenvalue weighted by Crippen LogP contribution is 2.32. The third-order valence-corrected chi connectivity index (χ3v) is 6.82. The van der Waals surface area contributed by atoms with Crippen molar-refractivity contribution in [2.75, 3.05) is 48.0 Å². The predicted molar refractivity (Wildman–Crippen MR) is 120 cm³/mol. The molecule has 7 nitrogen and oxygen atoms in total. The van der Waals surface area contributed by atoms with E-state index in [-0.39, 0.29) is 12.0 Å². The van der Waals surface area contributed by atoms with Gasteiger partial charge in [0.1, 0.15) is 6.04 Å². The number of hydrogen-bond acceptors (Lipinski definition) is 6. The second-order valence-corrected chi connectivity index (χ2v) is 8.99. The quantitative estimate of drug-likeness (QED) is 0.607. The smallest absolute Gasteiger partial charge is 0.321 e. The molecule has 0 radical (unpaired) electrons. The number of likely N-dealkylation sites (tertiary alicyclic amines) is 1. The van der Waals surface area contributed by atoms with E-state index in [1.54, 1.807) is 14.2 Å². The first kappa shape index (κ1) is 23.8. The first-order valence-electron chi connectivity index (χ1n) is 11.4. The van der Waals surface area contributed by atoms with Crippen LogP contribution in [-0.2, 0) is 16.0 Å². The number of benzene rings is 1. The highest BCUT2D eigenvalue weighted by Gasteiger charge is 2.40. The number of ether oxygens (including phenoxy) is 3. The summed E-state index contributed by atoms with van der Waals surface area (Å²) >= 11 is 0. The van der Waals surface area contributed by atoms with Crippen LogP contribution in [0.25, 0.3) is 0 Å². The van der Waals surface area contributed by atoms with E-state index in [1.807, 2.05) is 31.1 Å². The minimum absolute atomic E-state index is 0.168. The molecule has 2 aliphatic rings. The van der Waals surface area contributed by atoms with Gasteiger partial charge in [0.05, 0.1) is 26.9 Å². The molecule has 1 saturated heterocycles. The molecule has 1 saturated carbocycles. The van der Waals surface area contributed by atoms with Crippen LogP contribution in [0.2, 0.25) is 0 Å². The van der Waals surface area contributed by atoms with Crippen molar-refractivity contribution < 1.29 is 24.1 Å². The van der Waals surface area contributed by atoms with Crippen LogP contribution in [0.4, 0.5) is 0 Å². The number of nitrogens with zero attached hydrogens (tertiary/aromatic N) is 2. The molecule has 3 rings (SSSR count). The van der Waals surface area contributed by atoms with Crippen molar-refractivity contribution in [1.82, 2.24) is 9.80 Å². The van der Waals surface area contributed by atoms with E-state index in [4.69, 9.17) is 14.2 Å². The van der Waals surface area contributed by atoms with E-state index in [0.717, 1.165) is 50.3 Å². The number of methoxy groups -OCH3 is 2. The zero-order chi connectivity index (χ0) is 22.4. The van der Waals surface area contributed by atoms with Gasteiger partial charge in [-0.05, 0) is 69.9 Å². The van der Waals surface area contributed by atoms with Crippen LogP contribution in [0.3, 0.4) is 0 Å². The number of likely N-dealkylation sites (N-methyl/N-ethyl adjacent to an activating group) is 1. The fourth-order valence-electron chi connectivity index (χ4n) is 5.27. The second kappa shape index (κ2) is 11.2. The van der Waals surface area contributed by atoms with E-state index < -0.39 is 12.0 Å². The van der Waals surface area contributed by atoms with Crippen molar-refractivity contribution in [3.05, 3.63) is 23.8 Å². The molecule has 174 valence electrons. The van der Waals surface area contributed by atoms with Gasteiger partial charge in [-0.15, -0.1) is 0 Å². The van der Waals surface area contributed by atoms with Crippen molar-refractivity contribution in [1.29, 1.82) is 0 Å². The van der Waals surface area contributed by atoms with Crippen molar-refractivity contribution in [2.24, 2.45) is 5.92 Å². The van der Waals surface area contributed by atoms with Crippen LogP contribution in [-0.4, -0.2) is 87.1 Å². The maximum Gasteiger partial charge on any atom is 0.321 e. The summed E-state index contributed by atoms with van der Waals surface area (Å²) in [5.74, 6) is 0.929. The average Bonchev–Trinajstić information content (AvgIpc) is 3.22. The van der Waals surface area contributed by atoms with Crippen LogP contribution in [0, 0.1) is 5.92 Å².